The first kappa shape index (κ1) is 13.5. The van der Waals surface area contributed by atoms with Crippen molar-refractivity contribution < 1.29 is 4.79 Å². The Kier molecular flexibility index (Phi) is 4.11. The molecule has 2 aromatic heterocycles. The van der Waals surface area contributed by atoms with E-state index in [4.69, 9.17) is 0 Å². The highest BCUT2D eigenvalue weighted by atomic mass is 16.1. The Bertz CT molecular complexity index is 590. The molecule has 0 unspecified atom stereocenters. The lowest BCUT2D eigenvalue weighted by atomic mass is 10.2. The molecule has 0 aliphatic rings. The summed E-state index contributed by atoms with van der Waals surface area (Å²) in [5.74, 6) is 0.0120. The molecule has 0 spiro atoms. The maximum atomic E-state index is 11.7. The zero-order chi connectivity index (χ0) is 13.8. The van der Waals surface area contributed by atoms with Crippen molar-refractivity contribution in [2.75, 3.05) is 18.9 Å². The highest BCUT2D eigenvalue weighted by Gasteiger charge is 2.08. The molecule has 102 valence electrons. The number of anilines is 1. The van der Waals surface area contributed by atoms with Gasteiger partial charge in [-0.25, -0.2) is 4.98 Å². The number of hydrogen-bond acceptors (Lipinski definition) is 4. The SMILES string of the molecule is CNCCCC(=O)Nc1cnc2c(c1)c(C)nn2C. The number of amides is 1. The van der Waals surface area contributed by atoms with Gasteiger partial charge in [0.15, 0.2) is 5.65 Å². The minimum atomic E-state index is 0.0120. The first-order valence-corrected chi connectivity index (χ1v) is 6.35. The van der Waals surface area contributed by atoms with Gasteiger partial charge in [0.2, 0.25) is 5.91 Å². The third-order valence-corrected chi connectivity index (χ3v) is 2.98. The summed E-state index contributed by atoms with van der Waals surface area (Å²) in [6.07, 6.45) is 2.99. The van der Waals surface area contributed by atoms with E-state index in [0.717, 1.165) is 35.4 Å². The van der Waals surface area contributed by atoms with Crippen LogP contribution in [0.3, 0.4) is 0 Å². The second-order valence-electron chi connectivity index (χ2n) is 4.56. The van der Waals surface area contributed by atoms with Crippen LogP contribution in [0.2, 0.25) is 0 Å². The van der Waals surface area contributed by atoms with Crippen molar-refractivity contribution >= 4 is 22.6 Å². The number of aromatic nitrogens is 3. The summed E-state index contributed by atoms with van der Waals surface area (Å²) < 4.78 is 1.74. The zero-order valence-corrected chi connectivity index (χ0v) is 11.5. The third kappa shape index (κ3) is 3.08. The Morgan fingerprint density at radius 1 is 1.47 bits per heavy atom. The average molecular weight is 261 g/mol. The molecule has 1 amide bonds. The van der Waals surface area contributed by atoms with E-state index in [-0.39, 0.29) is 5.91 Å². The number of carbonyl (C=O) groups is 1. The molecular formula is C13H19N5O. The number of carbonyl (C=O) groups excluding carboxylic acids is 1. The summed E-state index contributed by atoms with van der Waals surface area (Å²) in [7, 11) is 3.74. The molecule has 0 aliphatic heterocycles. The van der Waals surface area contributed by atoms with Crippen molar-refractivity contribution in [2.24, 2.45) is 7.05 Å². The summed E-state index contributed by atoms with van der Waals surface area (Å²) in [6, 6.07) is 1.92. The minimum Gasteiger partial charge on any atom is -0.325 e. The molecule has 0 radical (unpaired) electrons. The monoisotopic (exact) mass is 261 g/mol. The van der Waals surface area contributed by atoms with Gasteiger partial charge in [0.05, 0.1) is 17.6 Å². The minimum absolute atomic E-state index is 0.0120. The second kappa shape index (κ2) is 5.79. The van der Waals surface area contributed by atoms with Gasteiger partial charge >= 0.3 is 0 Å². The van der Waals surface area contributed by atoms with Crippen LogP contribution in [0.4, 0.5) is 5.69 Å². The standard InChI is InChI=1S/C13H19N5O/c1-9-11-7-10(8-15-13(11)18(3)17-9)16-12(19)5-4-6-14-2/h7-8,14H,4-6H2,1-3H3,(H,16,19). The smallest absolute Gasteiger partial charge is 0.224 e. The van der Waals surface area contributed by atoms with Crippen LogP contribution in [0.1, 0.15) is 18.5 Å². The van der Waals surface area contributed by atoms with Crippen LogP contribution in [0.25, 0.3) is 11.0 Å². The number of rotatable bonds is 5. The summed E-state index contributed by atoms with van der Waals surface area (Å²) in [6.45, 7) is 2.77. The number of hydrogen-bond donors (Lipinski definition) is 2. The molecule has 0 saturated carbocycles. The Balaban J connectivity index is 2.09. The molecule has 2 aromatic rings. The molecule has 0 bridgehead atoms. The quantitative estimate of drug-likeness (QED) is 0.794. The Morgan fingerprint density at radius 3 is 3.00 bits per heavy atom. The Hall–Kier alpha value is -1.95. The molecule has 0 atom stereocenters. The Labute approximate surface area is 112 Å². The van der Waals surface area contributed by atoms with Gasteiger partial charge in [-0.1, -0.05) is 0 Å². The highest BCUT2D eigenvalue weighted by molar-refractivity contribution is 5.93. The van der Waals surface area contributed by atoms with Crippen LogP contribution in [0, 0.1) is 6.92 Å². The van der Waals surface area contributed by atoms with Crippen molar-refractivity contribution in [3.63, 3.8) is 0 Å². The molecular weight excluding hydrogens is 242 g/mol. The van der Waals surface area contributed by atoms with Gasteiger partial charge in [0.1, 0.15) is 0 Å². The lowest BCUT2D eigenvalue weighted by Crippen LogP contribution is -2.15. The van der Waals surface area contributed by atoms with Crippen molar-refractivity contribution in [3.05, 3.63) is 18.0 Å². The van der Waals surface area contributed by atoms with Gasteiger partial charge in [-0.15, -0.1) is 0 Å². The third-order valence-electron chi connectivity index (χ3n) is 2.98. The van der Waals surface area contributed by atoms with Crippen molar-refractivity contribution in [3.8, 4) is 0 Å². The number of aryl methyl sites for hydroxylation is 2. The van der Waals surface area contributed by atoms with Crippen LogP contribution in [0.5, 0.6) is 0 Å². The number of pyridine rings is 1. The van der Waals surface area contributed by atoms with Crippen LogP contribution < -0.4 is 10.6 Å². The lowest BCUT2D eigenvalue weighted by molar-refractivity contribution is -0.116. The van der Waals surface area contributed by atoms with Crippen molar-refractivity contribution in [2.45, 2.75) is 19.8 Å². The van der Waals surface area contributed by atoms with E-state index >= 15 is 0 Å². The van der Waals surface area contributed by atoms with Gasteiger partial charge in [0, 0.05) is 18.9 Å². The van der Waals surface area contributed by atoms with Gasteiger partial charge in [-0.2, -0.15) is 5.10 Å². The van der Waals surface area contributed by atoms with Crippen LogP contribution in [-0.2, 0) is 11.8 Å². The number of fused-ring (bicyclic) bond motifs is 1. The van der Waals surface area contributed by atoms with E-state index in [9.17, 15) is 4.79 Å². The molecule has 19 heavy (non-hydrogen) atoms. The van der Waals surface area contributed by atoms with E-state index in [1.807, 2.05) is 27.1 Å². The Morgan fingerprint density at radius 2 is 2.26 bits per heavy atom. The zero-order valence-electron chi connectivity index (χ0n) is 11.5. The molecule has 6 heteroatoms. The maximum absolute atomic E-state index is 11.7. The maximum Gasteiger partial charge on any atom is 0.224 e. The van der Waals surface area contributed by atoms with Crippen LogP contribution >= 0.6 is 0 Å². The van der Waals surface area contributed by atoms with Crippen molar-refractivity contribution in [1.82, 2.24) is 20.1 Å². The fourth-order valence-corrected chi connectivity index (χ4v) is 2.03. The second-order valence-corrected chi connectivity index (χ2v) is 4.56. The highest BCUT2D eigenvalue weighted by Crippen LogP contribution is 2.19. The van der Waals surface area contributed by atoms with Gasteiger partial charge < -0.3 is 10.6 Å². The number of nitrogens with zero attached hydrogens (tertiary/aromatic N) is 3. The van der Waals surface area contributed by atoms with E-state index in [1.54, 1.807) is 10.9 Å². The molecule has 0 fully saturated rings. The number of nitrogens with one attached hydrogen (secondary N) is 2. The van der Waals surface area contributed by atoms with Gasteiger partial charge in [-0.05, 0) is 33.0 Å². The van der Waals surface area contributed by atoms with E-state index < -0.39 is 0 Å². The summed E-state index contributed by atoms with van der Waals surface area (Å²) in [5, 5.41) is 11.2. The topological polar surface area (TPSA) is 71.8 Å². The summed E-state index contributed by atoms with van der Waals surface area (Å²) in [4.78, 5) is 16.1. The molecule has 6 nitrogen and oxygen atoms in total. The summed E-state index contributed by atoms with van der Waals surface area (Å²) >= 11 is 0. The molecule has 0 aliphatic carbocycles. The largest absolute Gasteiger partial charge is 0.325 e. The summed E-state index contributed by atoms with van der Waals surface area (Å²) in [5.41, 5.74) is 2.46. The normalized spacial score (nSPS) is 10.9. The van der Waals surface area contributed by atoms with E-state index in [1.165, 1.54) is 0 Å². The van der Waals surface area contributed by atoms with E-state index in [0.29, 0.717) is 6.42 Å². The first-order valence-electron chi connectivity index (χ1n) is 6.35. The fraction of sp³-hybridized carbons (Fsp3) is 0.462. The van der Waals surface area contributed by atoms with Gasteiger partial charge in [-0.3, -0.25) is 9.48 Å². The predicted molar refractivity (Wildman–Crippen MR) is 75.0 cm³/mol. The fourth-order valence-electron chi connectivity index (χ4n) is 2.03. The molecule has 0 saturated heterocycles. The van der Waals surface area contributed by atoms with Crippen LogP contribution in [0.15, 0.2) is 12.3 Å². The van der Waals surface area contributed by atoms with Crippen molar-refractivity contribution in [1.29, 1.82) is 0 Å². The molecule has 2 rings (SSSR count). The predicted octanol–water partition coefficient (Wildman–Crippen LogP) is 1.21. The first-order chi connectivity index (χ1) is 9.11. The molecule has 0 aromatic carbocycles. The molecule has 2 N–H and O–H groups in total. The van der Waals surface area contributed by atoms with Crippen LogP contribution in [-0.4, -0.2) is 34.3 Å². The van der Waals surface area contributed by atoms with E-state index in [2.05, 4.69) is 20.7 Å². The molecule has 2 heterocycles. The van der Waals surface area contributed by atoms with Gasteiger partial charge in [0.25, 0.3) is 0 Å². The average Bonchev–Trinajstić information content (AvgIpc) is 2.65. The lowest BCUT2D eigenvalue weighted by Gasteiger charge is -2.05.